The molecule has 2 aromatic rings. The zero-order valence-electron chi connectivity index (χ0n) is 8.20. The van der Waals surface area contributed by atoms with Crippen molar-refractivity contribution in [2.75, 3.05) is 5.32 Å². The second-order valence-electron chi connectivity index (χ2n) is 3.78. The molecule has 1 aromatic carbocycles. The van der Waals surface area contributed by atoms with Crippen LogP contribution in [0.2, 0.25) is 0 Å². The van der Waals surface area contributed by atoms with Gasteiger partial charge in [-0.1, -0.05) is 19.1 Å². The minimum absolute atomic E-state index is 0.558. The first-order valence-corrected chi connectivity index (χ1v) is 5.10. The van der Waals surface area contributed by atoms with Crippen molar-refractivity contribution in [3.8, 4) is 0 Å². The van der Waals surface area contributed by atoms with Crippen molar-refractivity contribution < 1.29 is 0 Å². The third-order valence-electron chi connectivity index (χ3n) is 2.88. The van der Waals surface area contributed by atoms with Crippen LogP contribution in [0.1, 0.15) is 13.3 Å². The summed E-state index contributed by atoms with van der Waals surface area (Å²) < 4.78 is 2.27. The molecule has 0 amide bonds. The summed E-state index contributed by atoms with van der Waals surface area (Å²) in [6, 6.07) is 8.84. The highest BCUT2D eigenvalue weighted by Gasteiger charge is 2.21. The van der Waals surface area contributed by atoms with Gasteiger partial charge in [0.2, 0.25) is 5.95 Å². The molecule has 0 saturated carbocycles. The zero-order valence-corrected chi connectivity index (χ0v) is 8.20. The van der Waals surface area contributed by atoms with E-state index in [0.717, 1.165) is 24.4 Å². The van der Waals surface area contributed by atoms with E-state index in [9.17, 15) is 0 Å². The smallest absolute Gasteiger partial charge is 0.204 e. The van der Waals surface area contributed by atoms with Gasteiger partial charge in [0.25, 0.3) is 0 Å². The van der Waals surface area contributed by atoms with Gasteiger partial charge in [-0.2, -0.15) is 0 Å². The molecule has 3 nitrogen and oxygen atoms in total. The lowest BCUT2D eigenvalue weighted by atomic mass is 10.2. The van der Waals surface area contributed by atoms with Gasteiger partial charge in [0.1, 0.15) is 0 Å². The fourth-order valence-corrected chi connectivity index (χ4v) is 2.05. The normalized spacial score (nSPS) is 19.6. The number of hydrogen-bond acceptors (Lipinski definition) is 2. The summed E-state index contributed by atoms with van der Waals surface area (Å²) in [5, 5.41) is 3.43. The highest BCUT2D eigenvalue weighted by Crippen LogP contribution is 2.25. The molecule has 2 heterocycles. The SMILES string of the molecule is CCC1Cn2c(nc3ccccc32)N1. The molecule has 0 fully saturated rings. The van der Waals surface area contributed by atoms with Crippen LogP contribution < -0.4 is 5.32 Å². The number of nitrogens with one attached hydrogen (secondary N) is 1. The molecule has 0 saturated heterocycles. The third-order valence-corrected chi connectivity index (χ3v) is 2.88. The topological polar surface area (TPSA) is 29.9 Å². The first-order valence-electron chi connectivity index (χ1n) is 5.10. The molecule has 1 aliphatic heterocycles. The highest BCUT2D eigenvalue weighted by atomic mass is 15.3. The van der Waals surface area contributed by atoms with Crippen LogP contribution in [-0.2, 0) is 6.54 Å². The number of hydrogen-bond donors (Lipinski definition) is 1. The van der Waals surface area contributed by atoms with Crippen LogP contribution in [0.5, 0.6) is 0 Å². The minimum Gasteiger partial charge on any atom is -0.351 e. The predicted molar refractivity (Wildman–Crippen MR) is 57.4 cm³/mol. The number of anilines is 1. The van der Waals surface area contributed by atoms with Crippen molar-refractivity contribution in [3.63, 3.8) is 0 Å². The summed E-state index contributed by atoms with van der Waals surface area (Å²) >= 11 is 0. The number of fused-ring (bicyclic) bond motifs is 3. The van der Waals surface area contributed by atoms with Crippen molar-refractivity contribution in [2.45, 2.75) is 25.9 Å². The summed E-state index contributed by atoms with van der Waals surface area (Å²) in [5.41, 5.74) is 2.33. The Kier molecular flexibility index (Phi) is 1.54. The van der Waals surface area contributed by atoms with E-state index in [-0.39, 0.29) is 0 Å². The van der Waals surface area contributed by atoms with Gasteiger partial charge in [-0.05, 0) is 18.6 Å². The van der Waals surface area contributed by atoms with E-state index >= 15 is 0 Å². The van der Waals surface area contributed by atoms with Crippen molar-refractivity contribution in [3.05, 3.63) is 24.3 Å². The maximum Gasteiger partial charge on any atom is 0.204 e. The average molecular weight is 187 g/mol. The van der Waals surface area contributed by atoms with Gasteiger partial charge >= 0.3 is 0 Å². The van der Waals surface area contributed by atoms with E-state index < -0.39 is 0 Å². The lowest BCUT2D eigenvalue weighted by Gasteiger charge is -2.05. The van der Waals surface area contributed by atoms with E-state index in [1.54, 1.807) is 0 Å². The second-order valence-corrected chi connectivity index (χ2v) is 3.78. The van der Waals surface area contributed by atoms with E-state index in [1.165, 1.54) is 5.52 Å². The van der Waals surface area contributed by atoms with Gasteiger partial charge in [0.05, 0.1) is 11.0 Å². The first-order chi connectivity index (χ1) is 6.88. The number of imidazole rings is 1. The highest BCUT2D eigenvalue weighted by molar-refractivity contribution is 5.79. The molecule has 1 unspecified atom stereocenters. The fourth-order valence-electron chi connectivity index (χ4n) is 2.05. The minimum atomic E-state index is 0.558. The fraction of sp³-hybridized carbons (Fsp3) is 0.364. The molecule has 14 heavy (non-hydrogen) atoms. The summed E-state index contributed by atoms with van der Waals surface area (Å²) in [6.45, 7) is 3.25. The van der Waals surface area contributed by atoms with Crippen LogP contribution in [0.15, 0.2) is 24.3 Å². The lowest BCUT2D eigenvalue weighted by molar-refractivity contribution is 0.643. The summed E-state index contributed by atoms with van der Waals surface area (Å²) in [4.78, 5) is 4.54. The third kappa shape index (κ3) is 0.953. The molecule has 1 aliphatic rings. The lowest BCUT2D eigenvalue weighted by Crippen LogP contribution is -2.14. The Morgan fingerprint density at radius 2 is 2.36 bits per heavy atom. The Labute approximate surface area is 82.8 Å². The van der Waals surface area contributed by atoms with Gasteiger partial charge < -0.3 is 9.88 Å². The van der Waals surface area contributed by atoms with Gasteiger partial charge in [0.15, 0.2) is 0 Å². The van der Waals surface area contributed by atoms with E-state index in [1.807, 2.05) is 6.07 Å². The molecular weight excluding hydrogens is 174 g/mol. The van der Waals surface area contributed by atoms with Gasteiger partial charge in [0, 0.05) is 12.6 Å². The average Bonchev–Trinajstić information content (AvgIpc) is 2.73. The van der Waals surface area contributed by atoms with Crippen LogP contribution in [0.25, 0.3) is 11.0 Å². The Morgan fingerprint density at radius 1 is 1.50 bits per heavy atom. The number of rotatable bonds is 1. The Balaban J connectivity index is 2.16. The number of benzene rings is 1. The van der Waals surface area contributed by atoms with E-state index in [0.29, 0.717) is 6.04 Å². The molecule has 1 aromatic heterocycles. The zero-order chi connectivity index (χ0) is 9.54. The molecule has 3 rings (SSSR count). The van der Waals surface area contributed by atoms with E-state index in [4.69, 9.17) is 0 Å². The van der Waals surface area contributed by atoms with Crippen molar-refractivity contribution in [2.24, 2.45) is 0 Å². The Hall–Kier alpha value is -1.51. The summed E-state index contributed by atoms with van der Waals surface area (Å²) in [7, 11) is 0. The molecule has 1 atom stereocenters. The standard InChI is InChI=1S/C11H13N3/c1-2-8-7-14-10-6-4-3-5-9(10)13-11(14)12-8/h3-6,8H,2,7H2,1H3,(H,12,13). The predicted octanol–water partition coefficient (Wildman–Crippen LogP) is 2.24. The van der Waals surface area contributed by atoms with E-state index in [2.05, 4.69) is 40.0 Å². The van der Waals surface area contributed by atoms with Crippen LogP contribution in [0, 0.1) is 0 Å². The Morgan fingerprint density at radius 3 is 3.21 bits per heavy atom. The summed E-state index contributed by atoms with van der Waals surface area (Å²) in [5.74, 6) is 1.03. The molecule has 0 spiro atoms. The first kappa shape index (κ1) is 7.85. The van der Waals surface area contributed by atoms with Gasteiger partial charge in [-0.15, -0.1) is 0 Å². The maximum absolute atomic E-state index is 4.54. The van der Waals surface area contributed by atoms with Crippen LogP contribution >= 0.6 is 0 Å². The monoisotopic (exact) mass is 187 g/mol. The maximum atomic E-state index is 4.54. The quantitative estimate of drug-likeness (QED) is 0.742. The van der Waals surface area contributed by atoms with Crippen LogP contribution in [0.4, 0.5) is 5.95 Å². The van der Waals surface area contributed by atoms with Crippen molar-refractivity contribution >= 4 is 17.0 Å². The van der Waals surface area contributed by atoms with Crippen molar-refractivity contribution in [1.29, 1.82) is 0 Å². The van der Waals surface area contributed by atoms with Crippen LogP contribution in [-0.4, -0.2) is 15.6 Å². The molecule has 72 valence electrons. The number of para-hydroxylation sites is 2. The largest absolute Gasteiger partial charge is 0.351 e. The molecule has 0 aliphatic carbocycles. The second kappa shape index (κ2) is 2.74. The van der Waals surface area contributed by atoms with Crippen molar-refractivity contribution in [1.82, 2.24) is 9.55 Å². The van der Waals surface area contributed by atoms with Gasteiger partial charge in [-0.25, -0.2) is 4.98 Å². The number of nitrogens with zero attached hydrogens (tertiary/aromatic N) is 2. The molecule has 0 radical (unpaired) electrons. The van der Waals surface area contributed by atoms with Gasteiger partial charge in [-0.3, -0.25) is 0 Å². The molecular formula is C11H13N3. The number of aromatic nitrogens is 2. The molecule has 0 bridgehead atoms. The van der Waals surface area contributed by atoms with Crippen LogP contribution in [0.3, 0.4) is 0 Å². The molecule has 1 N–H and O–H groups in total. The Bertz CT molecular complexity index is 472. The summed E-state index contributed by atoms with van der Waals surface area (Å²) in [6.07, 6.45) is 1.15. The molecule has 3 heteroatoms.